The number of rotatable bonds is 5. The number of hydrogen-bond donors (Lipinski definition) is 2. The Hall–Kier alpha value is -1.31. The SMILES string of the molecule is COc1ccc(Cl)cc1NC(=S)NCCn1cc(Br)cn1. The quantitative estimate of drug-likeness (QED) is 0.769. The Balaban J connectivity index is 1.85. The van der Waals surface area contributed by atoms with Crippen LogP contribution in [0.25, 0.3) is 0 Å². The molecular formula is C13H14BrClN4OS. The van der Waals surface area contributed by atoms with Crippen molar-refractivity contribution in [3.63, 3.8) is 0 Å². The van der Waals surface area contributed by atoms with Crippen molar-refractivity contribution in [2.45, 2.75) is 6.54 Å². The molecule has 0 aliphatic carbocycles. The van der Waals surface area contributed by atoms with Crippen LogP contribution in [-0.4, -0.2) is 28.5 Å². The maximum Gasteiger partial charge on any atom is 0.170 e. The molecule has 0 amide bonds. The van der Waals surface area contributed by atoms with Gasteiger partial charge in [0, 0.05) is 17.8 Å². The first-order chi connectivity index (χ1) is 10.1. The van der Waals surface area contributed by atoms with Gasteiger partial charge in [-0.1, -0.05) is 11.6 Å². The fourth-order valence-corrected chi connectivity index (χ4v) is 2.40. The molecule has 8 heteroatoms. The standard InChI is InChI=1S/C13H14BrClN4OS/c1-20-12-3-2-10(15)6-11(12)18-13(21)16-4-5-19-8-9(14)7-17-19/h2-3,6-8H,4-5H2,1H3,(H2,16,18,21). The van der Waals surface area contributed by atoms with E-state index in [1.165, 1.54) is 0 Å². The number of anilines is 1. The van der Waals surface area contributed by atoms with Crippen molar-refractivity contribution in [3.05, 3.63) is 40.1 Å². The van der Waals surface area contributed by atoms with Gasteiger partial charge < -0.3 is 15.4 Å². The molecule has 0 atom stereocenters. The first-order valence-corrected chi connectivity index (χ1v) is 7.73. The van der Waals surface area contributed by atoms with Crippen LogP contribution in [0.3, 0.4) is 0 Å². The third-order valence-corrected chi connectivity index (χ3v) is 3.53. The van der Waals surface area contributed by atoms with Crippen LogP contribution in [0, 0.1) is 0 Å². The molecule has 21 heavy (non-hydrogen) atoms. The Bertz CT molecular complexity index is 634. The lowest BCUT2D eigenvalue weighted by Crippen LogP contribution is -2.31. The van der Waals surface area contributed by atoms with Crippen molar-refractivity contribution in [3.8, 4) is 5.75 Å². The molecule has 0 spiro atoms. The Morgan fingerprint density at radius 3 is 3.00 bits per heavy atom. The van der Waals surface area contributed by atoms with Gasteiger partial charge in [-0.25, -0.2) is 0 Å². The lowest BCUT2D eigenvalue weighted by atomic mass is 10.3. The van der Waals surface area contributed by atoms with Gasteiger partial charge in [0.1, 0.15) is 5.75 Å². The molecule has 1 aromatic carbocycles. The summed E-state index contributed by atoms with van der Waals surface area (Å²) in [4.78, 5) is 0. The van der Waals surface area contributed by atoms with E-state index >= 15 is 0 Å². The summed E-state index contributed by atoms with van der Waals surface area (Å²) in [5, 5.41) is 11.5. The van der Waals surface area contributed by atoms with Crippen LogP contribution >= 0.6 is 39.7 Å². The van der Waals surface area contributed by atoms with Gasteiger partial charge in [-0.15, -0.1) is 0 Å². The number of nitrogens with zero attached hydrogens (tertiary/aromatic N) is 2. The lowest BCUT2D eigenvalue weighted by Gasteiger charge is -2.13. The second-order valence-electron chi connectivity index (χ2n) is 4.15. The fraction of sp³-hybridized carbons (Fsp3) is 0.231. The maximum absolute atomic E-state index is 5.97. The highest BCUT2D eigenvalue weighted by atomic mass is 79.9. The minimum atomic E-state index is 0.502. The Morgan fingerprint density at radius 2 is 2.33 bits per heavy atom. The van der Waals surface area contributed by atoms with Crippen molar-refractivity contribution in [1.29, 1.82) is 0 Å². The Morgan fingerprint density at radius 1 is 1.52 bits per heavy atom. The summed E-state index contributed by atoms with van der Waals surface area (Å²) in [7, 11) is 1.60. The minimum Gasteiger partial charge on any atom is -0.495 e. The largest absolute Gasteiger partial charge is 0.495 e. The van der Waals surface area contributed by atoms with Crippen LogP contribution in [0.15, 0.2) is 35.1 Å². The van der Waals surface area contributed by atoms with Crippen LogP contribution in [0.4, 0.5) is 5.69 Å². The molecule has 0 aliphatic rings. The number of nitrogens with one attached hydrogen (secondary N) is 2. The number of benzene rings is 1. The second-order valence-corrected chi connectivity index (χ2v) is 5.91. The highest BCUT2D eigenvalue weighted by molar-refractivity contribution is 9.10. The van der Waals surface area contributed by atoms with Crippen LogP contribution in [0.1, 0.15) is 0 Å². The summed E-state index contributed by atoms with van der Waals surface area (Å²) in [6.45, 7) is 1.36. The molecule has 0 unspecified atom stereocenters. The molecule has 112 valence electrons. The molecule has 0 saturated heterocycles. The molecule has 2 aromatic rings. The van der Waals surface area contributed by atoms with E-state index in [0.29, 0.717) is 29.0 Å². The van der Waals surface area contributed by atoms with Crippen LogP contribution < -0.4 is 15.4 Å². The van der Waals surface area contributed by atoms with Gasteiger partial charge in [-0.3, -0.25) is 4.68 Å². The summed E-state index contributed by atoms with van der Waals surface area (Å²) in [6.07, 6.45) is 3.64. The molecule has 0 radical (unpaired) electrons. The third kappa shape index (κ3) is 4.87. The maximum atomic E-state index is 5.97. The normalized spacial score (nSPS) is 10.2. The molecular weight excluding hydrogens is 376 g/mol. The van der Waals surface area contributed by atoms with E-state index in [9.17, 15) is 0 Å². The van der Waals surface area contributed by atoms with Crippen molar-refractivity contribution in [1.82, 2.24) is 15.1 Å². The first-order valence-electron chi connectivity index (χ1n) is 6.15. The zero-order valence-corrected chi connectivity index (χ0v) is 14.4. The zero-order chi connectivity index (χ0) is 15.2. The summed E-state index contributed by atoms with van der Waals surface area (Å²) >= 11 is 14.6. The zero-order valence-electron chi connectivity index (χ0n) is 11.3. The van der Waals surface area contributed by atoms with Gasteiger partial charge in [0.2, 0.25) is 0 Å². The van der Waals surface area contributed by atoms with Gasteiger partial charge in [-0.2, -0.15) is 5.10 Å². The molecule has 2 rings (SSSR count). The predicted molar refractivity (Wildman–Crippen MR) is 92.2 cm³/mol. The molecule has 0 saturated carbocycles. The highest BCUT2D eigenvalue weighted by Crippen LogP contribution is 2.27. The summed E-state index contributed by atoms with van der Waals surface area (Å²) in [5.74, 6) is 0.680. The predicted octanol–water partition coefficient (Wildman–Crippen LogP) is 3.29. The van der Waals surface area contributed by atoms with E-state index in [-0.39, 0.29) is 0 Å². The highest BCUT2D eigenvalue weighted by Gasteiger charge is 2.05. The molecule has 2 N–H and O–H groups in total. The van der Waals surface area contributed by atoms with E-state index in [0.717, 1.165) is 10.2 Å². The van der Waals surface area contributed by atoms with Gasteiger partial charge in [-0.05, 0) is 46.3 Å². The van der Waals surface area contributed by atoms with Gasteiger partial charge >= 0.3 is 0 Å². The molecule has 1 heterocycles. The second kappa shape index (κ2) is 7.63. The molecule has 5 nitrogen and oxygen atoms in total. The number of hydrogen-bond acceptors (Lipinski definition) is 3. The monoisotopic (exact) mass is 388 g/mol. The summed E-state index contributed by atoms with van der Waals surface area (Å²) < 4.78 is 8.02. The van der Waals surface area contributed by atoms with Crippen LogP contribution in [0.2, 0.25) is 5.02 Å². The van der Waals surface area contributed by atoms with Crippen molar-refractivity contribution in [2.24, 2.45) is 0 Å². The Labute approximate surface area is 141 Å². The molecule has 0 fully saturated rings. The van der Waals surface area contributed by atoms with E-state index in [1.54, 1.807) is 31.5 Å². The van der Waals surface area contributed by atoms with Gasteiger partial charge in [0.25, 0.3) is 0 Å². The van der Waals surface area contributed by atoms with Gasteiger partial charge in [0.05, 0.1) is 30.0 Å². The van der Waals surface area contributed by atoms with E-state index in [1.807, 2.05) is 10.9 Å². The average Bonchev–Trinajstić information content (AvgIpc) is 2.85. The number of aromatic nitrogens is 2. The molecule has 0 aliphatic heterocycles. The molecule has 1 aromatic heterocycles. The topological polar surface area (TPSA) is 51.1 Å². The molecule has 0 bridgehead atoms. The van der Waals surface area contributed by atoms with Crippen molar-refractivity contribution < 1.29 is 4.74 Å². The lowest BCUT2D eigenvalue weighted by molar-refractivity contribution is 0.417. The summed E-state index contributed by atoms with van der Waals surface area (Å²) in [6, 6.07) is 5.31. The van der Waals surface area contributed by atoms with Crippen molar-refractivity contribution in [2.75, 3.05) is 19.0 Å². The number of halogens is 2. The van der Waals surface area contributed by atoms with Crippen molar-refractivity contribution >= 4 is 50.5 Å². The van der Waals surface area contributed by atoms with E-state index < -0.39 is 0 Å². The van der Waals surface area contributed by atoms with Crippen LogP contribution in [0.5, 0.6) is 5.75 Å². The van der Waals surface area contributed by atoms with E-state index in [2.05, 4.69) is 31.7 Å². The van der Waals surface area contributed by atoms with Crippen LogP contribution in [-0.2, 0) is 6.54 Å². The summed E-state index contributed by atoms with van der Waals surface area (Å²) in [5.41, 5.74) is 0.726. The van der Waals surface area contributed by atoms with E-state index in [4.69, 9.17) is 28.6 Å². The first kappa shape index (κ1) is 16.1. The minimum absolute atomic E-state index is 0.502. The number of thiocarbonyl (C=S) groups is 1. The number of methoxy groups -OCH3 is 1. The Kier molecular flexibility index (Phi) is 5.84. The smallest absolute Gasteiger partial charge is 0.170 e. The fourth-order valence-electron chi connectivity index (χ4n) is 1.69. The average molecular weight is 390 g/mol. The third-order valence-electron chi connectivity index (χ3n) is 2.64. The number of ether oxygens (including phenoxy) is 1. The van der Waals surface area contributed by atoms with Gasteiger partial charge in [0.15, 0.2) is 5.11 Å².